The number of para-hydroxylation sites is 1. The number of aromatic nitrogens is 1. The first-order chi connectivity index (χ1) is 27.7. The molecule has 0 unspecified atom stereocenters. The van der Waals surface area contributed by atoms with Gasteiger partial charge in [0.1, 0.15) is 6.04 Å². The minimum Gasteiger partial charge on any atom is -0.475 e. The Bertz CT molecular complexity index is 1670. The van der Waals surface area contributed by atoms with Gasteiger partial charge in [0, 0.05) is 51.5 Å². The summed E-state index contributed by atoms with van der Waals surface area (Å²) in [5.74, 6) is -4.00. The molecule has 0 aliphatic carbocycles. The van der Waals surface area contributed by atoms with Crippen LogP contribution in [-0.2, 0) is 39.9 Å². The number of fused-ring (bicyclic) bond motifs is 1. The highest BCUT2D eigenvalue weighted by molar-refractivity contribution is 5.90. The second kappa shape index (κ2) is 23.5. The van der Waals surface area contributed by atoms with E-state index >= 15 is 0 Å². The zero-order chi connectivity index (χ0) is 44.8. The number of rotatable bonds is 20. The number of likely N-dealkylation sites (N-methyl/N-ethyl adjacent to an activating group) is 2. The van der Waals surface area contributed by atoms with E-state index in [9.17, 15) is 32.3 Å². The van der Waals surface area contributed by atoms with Crippen molar-refractivity contribution in [3.8, 4) is 0 Å². The summed E-state index contributed by atoms with van der Waals surface area (Å²) >= 11 is 0. The highest BCUT2D eigenvalue weighted by Crippen LogP contribution is 2.30. The molecule has 1 saturated heterocycles. The van der Waals surface area contributed by atoms with Crippen LogP contribution in [0.1, 0.15) is 79.7 Å². The van der Waals surface area contributed by atoms with E-state index in [1.54, 1.807) is 33.2 Å². The summed E-state index contributed by atoms with van der Waals surface area (Å²) in [5, 5.41) is 17.4. The number of halogens is 3. The molecule has 17 heteroatoms. The topological polar surface area (TPSA) is 182 Å². The van der Waals surface area contributed by atoms with Crippen molar-refractivity contribution in [3.63, 3.8) is 0 Å². The lowest BCUT2D eigenvalue weighted by atomic mass is 9.89. The predicted molar refractivity (Wildman–Crippen MR) is 219 cm³/mol. The van der Waals surface area contributed by atoms with Crippen LogP contribution in [0.4, 0.5) is 13.2 Å². The van der Waals surface area contributed by atoms with Crippen LogP contribution in [0.3, 0.4) is 0 Å². The highest BCUT2D eigenvalue weighted by Gasteiger charge is 2.43. The van der Waals surface area contributed by atoms with Gasteiger partial charge in [-0.2, -0.15) is 13.2 Å². The molecule has 5 N–H and O–H groups in total. The Hall–Kier alpha value is -4.22. The molecule has 1 fully saturated rings. The van der Waals surface area contributed by atoms with E-state index in [1.165, 1.54) is 0 Å². The molecule has 2 aromatic rings. The van der Waals surface area contributed by atoms with Gasteiger partial charge in [0.15, 0.2) is 0 Å². The SMILES string of the molecule is CC[C@H](C)[C@@H]([C@@H](CC(=O)N1CCC[C@H]1[C@H](OC)[C@@H](C)C(=O)NCCc1c[nH]c2ccccc12)OC)N(C)C(=O)[C@@H](NC(=O)[C@@H](NC)C(C)C)C(C)C.O=C(O)C(F)(F)F. The minimum atomic E-state index is -5.08. The lowest BCUT2D eigenvalue weighted by Gasteiger charge is -2.41. The third-order valence-electron chi connectivity index (χ3n) is 11.4. The Morgan fingerprint density at radius 3 is 2.12 bits per heavy atom. The van der Waals surface area contributed by atoms with Gasteiger partial charge in [-0.25, -0.2) is 4.79 Å². The Kier molecular flexibility index (Phi) is 20.3. The van der Waals surface area contributed by atoms with Gasteiger partial charge in [0.05, 0.1) is 42.7 Å². The second-order valence-corrected chi connectivity index (χ2v) is 16.0. The number of aliphatic carboxylic acids is 1. The number of nitrogens with one attached hydrogen (secondary N) is 4. The number of carboxylic acid groups (broad SMARTS) is 1. The average molecular weight is 841 g/mol. The molecule has 1 aliphatic rings. The number of hydrogen-bond donors (Lipinski definition) is 5. The smallest absolute Gasteiger partial charge is 0.475 e. The Labute approximate surface area is 346 Å². The van der Waals surface area contributed by atoms with Gasteiger partial charge in [-0.3, -0.25) is 19.2 Å². The van der Waals surface area contributed by atoms with Crippen LogP contribution < -0.4 is 16.0 Å². The molecule has 3 rings (SSSR count). The van der Waals surface area contributed by atoms with E-state index in [1.807, 2.05) is 63.9 Å². The molecular formula is C42H67F3N6O8. The fraction of sp³-hybridized carbons (Fsp3) is 0.690. The lowest BCUT2D eigenvalue weighted by Crippen LogP contribution is -2.59. The fourth-order valence-electron chi connectivity index (χ4n) is 7.87. The summed E-state index contributed by atoms with van der Waals surface area (Å²) in [6, 6.07) is 6.24. The molecule has 0 radical (unpaired) electrons. The molecule has 14 nitrogen and oxygen atoms in total. The van der Waals surface area contributed by atoms with Crippen LogP contribution in [0.25, 0.3) is 10.9 Å². The van der Waals surface area contributed by atoms with E-state index in [-0.39, 0.29) is 53.8 Å². The molecule has 1 aromatic carbocycles. The van der Waals surface area contributed by atoms with Gasteiger partial charge >= 0.3 is 12.1 Å². The van der Waals surface area contributed by atoms with Crippen LogP contribution in [-0.4, -0.2) is 133 Å². The van der Waals surface area contributed by atoms with Crippen molar-refractivity contribution in [3.05, 3.63) is 36.0 Å². The second-order valence-electron chi connectivity index (χ2n) is 16.0. The van der Waals surface area contributed by atoms with Gasteiger partial charge in [0.2, 0.25) is 23.6 Å². The van der Waals surface area contributed by atoms with Crippen molar-refractivity contribution in [2.45, 2.75) is 123 Å². The van der Waals surface area contributed by atoms with Crippen LogP contribution in [0.2, 0.25) is 0 Å². The number of nitrogens with zero attached hydrogens (tertiary/aromatic N) is 2. The minimum absolute atomic E-state index is 0.00464. The quantitative estimate of drug-likeness (QED) is 0.126. The van der Waals surface area contributed by atoms with Crippen molar-refractivity contribution >= 4 is 40.5 Å². The predicted octanol–water partition coefficient (Wildman–Crippen LogP) is 4.77. The van der Waals surface area contributed by atoms with Gasteiger partial charge in [0.25, 0.3) is 0 Å². The third kappa shape index (κ3) is 13.9. The van der Waals surface area contributed by atoms with Crippen molar-refractivity contribution in [2.75, 3.05) is 41.4 Å². The summed E-state index contributed by atoms with van der Waals surface area (Å²) in [6.07, 6.45) is -1.13. The van der Waals surface area contributed by atoms with Crippen molar-refractivity contribution in [1.29, 1.82) is 0 Å². The number of H-pyrrole nitrogens is 1. The number of carbonyl (C=O) groups excluding carboxylic acids is 4. The molecule has 2 heterocycles. The Morgan fingerprint density at radius 2 is 1.59 bits per heavy atom. The molecule has 0 spiro atoms. The molecule has 334 valence electrons. The number of benzene rings is 1. The molecule has 0 bridgehead atoms. The average Bonchev–Trinajstić information content (AvgIpc) is 3.84. The number of alkyl halides is 3. The van der Waals surface area contributed by atoms with Gasteiger partial charge in [-0.15, -0.1) is 0 Å². The lowest BCUT2D eigenvalue weighted by molar-refractivity contribution is -0.192. The molecular weight excluding hydrogens is 773 g/mol. The zero-order valence-corrected chi connectivity index (χ0v) is 36.4. The first-order valence-corrected chi connectivity index (χ1v) is 20.4. The maximum Gasteiger partial charge on any atom is 0.490 e. The van der Waals surface area contributed by atoms with Crippen LogP contribution in [0, 0.1) is 23.7 Å². The number of hydrogen-bond acceptors (Lipinski definition) is 8. The van der Waals surface area contributed by atoms with Crippen LogP contribution >= 0.6 is 0 Å². The summed E-state index contributed by atoms with van der Waals surface area (Å²) < 4.78 is 43.7. The first kappa shape index (κ1) is 50.9. The number of carboxylic acids is 1. The largest absolute Gasteiger partial charge is 0.490 e. The normalized spacial score (nSPS) is 18.0. The molecule has 59 heavy (non-hydrogen) atoms. The fourth-order valence-corrected chi connectivity index (χ4v) is 7.87. The molecule has 0 saturated carbocycles. The standard InChI is InChI=1S/C40H66N6O6.C2HF3O2/c1-12-26(6)36(45(9)40(50)35(25(4)5)44-39(49)34(41-8)24(2)3)32(51-10)22-33(47)46-21-15-18-31(46)37(52-11)27(7)38(48)42-20-19-28-23-43-30-17-14-13-16-29(28)30;3-2(4,5)1(6)7/h13-14,16-17,23-27,31-32,34-37,41,43H,12,15,18-22H2,1-11H3,(H,42,48)(H,44,49);(H,6,7)/t26-,27+,31-,32+,34-,35-,36-,37+;/m0./s1. The maximum atomic E-state index is 14.1. The highest BCUT2D eigenvalue weighted by atomic mass is 19.4. The van der Waals surface area contributed by atoms with E-state index in [2.05, 4.69) is 40.8 Å². The number of ether oxygens (including phenoxy) is 2. The number of amides is 4. The van der Waals surface area contributed by atoms with Crippen molar-refractivity contribution in [1.82, 2.24) is 30.7 Å². The number of carbonyl (C=O) groups is 5. The summed E-state index contributed by atoms with van der Waals surface area (Å²) in [7, 11) is 6.66. The van der Waals surface area contributed by atoms with E-state index in [0.717, 1.165) is 35.7 Å². The molecule has 1 aliphatic heterocycles. The summed E-state index contributed by atoms with van der Waals surface area (Å²) in [6.45, 7) is 14.8. The van der Waals surface area contributed by atoms with Gasteiger partial charge < -0.3 is 45.3 Å². The summed E-state index contributed by atoms with van der Waals surface area (Å²) in [5.41, 5.74) is 2.22. The number of methoxy groups -OCH3 is 2. The van der Waals surface area contributed by atoms with E-state index in [0.29, 0.717) is 19.5 Å². The molecule has 8 atom stereocenters. The molecule has 1 aromatic heterocycles. The van der Waals surface area contributed by atoms with E-state index in [4.69, 9.17) is 19.4 Å². The monoisotopic (exact) mass is 840 g/mol. The zero-order valence-electron chi connectivity index (χ0n) is 36.4. The third-order valence-corrected chi connectivity index (χ3v) is 11.4. The number of likely N-dealkylation sites (tertiary alicyclic amines) is 1. The van der Waals surface area contributed by atoms with Crippen molar-refractivity contribution in [2.24, 2.45) is 23.7 Å². The van der Waals surface area contributed by atoms with Crippen LogP contribution in [0.5, 0.6) is 0 Å². The molecule has 4 amide bonds. The Morgan fingerprint density at radius 1 is 0.983 bits per heavy atom. The first-order valence-electron chi connectivity index (χ1n) is 20.4. The maximum absolute atomic E-state index is 14.1. The number of aromatic amines is 1. The Balaban J connectivity index is 0.00000157. The van der Waals surface area contributed by atoms with Gasteiger partial charge in [-0.05, 0) is 55.7 Å². The summed E-state index contributed by atoms with van der Waals surface area (Å²) in [4.78, 5) is 70.5. The van der Waals surface area contributed by atoms with E-state index < -0.39 is 48.4 Å². The van der Waals surface area contributed by atoms with Crippen LogP contribution in [0.15, 0.2) is 30.5 Å². The van der Waals surface area contributed by atoms with Crippen molar-refractivity contribution < 1.29 is 51.7 Å². The van der Waals surface area contributed by atoms with Gasteiger partial charge in [-0.1, -0.05) is 73.1 Å².